The molecule has 0 radical (unpaired) electrons. The van der Waals surface area contributed by atoms with E-state index < -0.39 is 15.7 Å². The molecule has 7 nitrogen and oxygen atoms in total. The van der Waals surface area contributed by atoms with Crippen molar-refractivity contribution in [3.63, 3.8) is 0 Å². The van der Waals surface area contributed by atoms with Crippen LogP contribution in [-0.4, -0.2) is 30.3 Å². The zero-order valence-electron chi connectivity index (χ0n) is 14.3. The Bertz CT molecular complexity index is 1020. The molecule has 8 heteroatoms. The van der Waals surface area contributed by atoms with Gasteiger partial charge in [0.15, 0.2) is 9.84 Å². The first-order chi connectivity index (χ1) is 12.4. The van der Waals surface area contributed by atoms with E-state index in [2.05, 4.69) is 15.5 Å². The van der Waals surface area contributed by atoms with Crippen LogP contribution in [0.25, 0.3) is 11.5 Å². The van der Waals surface area contributed by atoms with Gasteiger partial charge in [-0.25, -0.2) is 8.42 Å². The summed E-state index contributed by atoms with van der Waals surface area (Å²) in [7, 11) is -3.30. The number of nitrogens with one attached hydrogen (secondary N) is 1. The Balaban J connectivity index is 1.73. The number of aryl methyl sites for hydroxylation is 1. The topological polar surface area (TPSA) is 102 Å². The summed E-state index contributed by atoms with van der Waals surface area (Å²) >= 11 is 0. The van der Waals surface area contributed by atoms with Crippen molar-refractivity contribution in [1.82, 2.24) is 10.2 Å². The van der Waals surface area contributed by atoms with Gasteiger partial charge in [0.25, 0.3) is 5.91 Å². The summed E-state index contributed by atoms with van der Waals surface area (Å²) < 4.78 is 29.0. The molecule has 2 aromatic carbocycles. The lowest BCUT2D eigenvalue weighted by atomic mass is 10.1. The third-order valence-corrected chi connectivity index (χ3v) is 5.55. The van der Waals surface area contributed by atoms with Crippen LogP contribution in [0.1, 0.15) is 22.8 Å². The molecule has 3 aromatic rings. The van der Waals surface area contributed by atoms with Crippen LogP contribution in [0.5, 0.6) is 0 Å². The second kappa shape index (κ2) is 7.09. The molecular weight excluding hydrogens is 354 g/mol. The van der Waals surface area contributed by atoms with Gasteiger partial charge in [-0.05, 0) is 43.3 Å². The molecule has 0 aliphatic heterocycles. The molecule has 0 spiro atoms. The van der Waals surface area contributed by atoms with Gasteiger partial charge in [0, 0.05) is 11.1 Å². The minimum atomic E-state index is -3.30. The third kappa shape index (κ3) is 3.80. The SMILES string of the molecule is CCS(=O)(=O)c1ccc(C(=O)Nc2nnc(-c3ccc(C)cc3)o2)cc1. The summed E-state index contributed by atoms with van der Waals surface area (Å²) in [6.07, 6.45) is 0. The molecule has 0 aliphatic carbocycles. The fourth-order valence-corrected chi connectivity index (χ4v) is 3.12. The molecular formula is C18H17N3O4S. The molecule has 1 aromatic heterocycles. The maximum atomic E-state index is 12.2. The first kappa shape index (κ1) is 17.8. The van der Waals surface area contributed by atoms with Crippen molar-refractivity contribution >= 4 is 21.8 Å². The summed E-state index contributed by atoms with van der Waals surface area (Å²) in [6, 6.07) is 13.2. The first-order valence-electron chi connectivity index (χ1n) is 7.94. The molecule has 1 N–H and O–H groups in total. The number of amides is 1. The standard InChI is InChI=1S/C18H17N3O4S/c1-3-26(23,24)15-10-8-13(9-11-15)16(22)19-18-21-20-17(25-18)14-6-4-12(2)5-7-14/h4-11H,3H2,1-2H3,(H,19,21,22). The van der Waals surface area contributed by atoms with Gasteiger partial charge >= 0.3 is 6.01 Å². The van der Waals surface area contributed by atoms with Gasteiger partial charge in [-0.15, -0.1) is 5.10 Å². The van der Waals surface area contributed by atoms with Crippen molar-refractivity contribution in [2.24, 2.45) is 0 Å². The Labute approximate surface area is 151 Å². The molecule has 0 saturated carbocycles. The maximum absolute atomic E-state index is 12.2. The number of hydrogen-bond donors (Lipinski definition) is 1. The summed E-state index contributed by atoms with van der Waals surface area (Å²) in [5, 5.41) is 10.2. The van der Waals surface area contributed by atoms with Crippen LogP contribution < -0.4 is 5.32 Å². The van der Waals surface area contributed by atoms with Crippen molar-refractivity contribution in [2.75, 3.05) is 11.1 Å². The number of carbonyl (C=O) groups excluding carboxylic acids is 1. The van der Waals surface area contributed by atoms with Crippen LogP contribution in [0.15, 0.2) is 57.8 Å². The van der Waals surface area contributed by atoms with E-state index in [1.54, 1.807) is 6.92 Å². The predicted octanol–water partition coefficient (Wildman–Crippen LogP) is 3.09. The summed E-state index contributed by atoms with van der Waals surface area (Å²) in [5.41, 5.74) is 2.14. The van der Waals surface area contributed by atoms with Crippen LogP contribution in [0.4, 0.5) is 6.01 Å². The van der Waals surface area contributed by atoms with Gasteiger partial charge in [0.1, 0.15) is 0 Å². The zero-order valence-corrected chi connectivity index (χ0v) is 15.1. The van der Waals surface area contributed by atoms with E-state index in [0.717, 1.165) is 11.1 Å². The highest BCUT2D eigenvalue weighted by Crippen LogP contribution is 2.20. The van der Waals surface area contributed by atoms with Crippen molar-refractivity contribution < 1.29 is 17.6 Å². The highest BCUT2D eigenvalue weighted by Gasteiger charge is 2.15. The lowest BCUT2D eigenvalue weighted by Crippen LogP contribution is -2.12. The fraction of sp³-hybridized carbons (Fsp3) is 0.167. The van der Waals surface area contributed by atoms with Gasteiger partial charge < -0.3 is 4.42 Å². The first-order valence-corrected chi connectivity index (χ1v) is 9.59. The molecule has 0 aliphatic rings. The second-order valence-corrected chi connectivity index (χ2v) is 7.94. The molecule has 0 fully saturated rings. The van der Waals surface area contributed by atoms with Crippen molar-refractivity contribution in [2.45, 2.75) is 18.7 Å². The minimum Gasteiger partial charge on any atom is -0.403 e. The van der Waals surface area contributed by atoms with E-state index in [-0.39, 0.29) is 22.2 Å². The van der Waals surface area contributed by atoms with E-state index in [9.17, 15) is 13.2 Å². The number of rotatable bonds is 5. The van der Waals surface area contributed by atoms with E-state index in [1.807, 2.05) is 31.2 Å². The monoisotopic (exact) mass is 371 g/mol. The Hall–Kier alpha value is -3.00. The Morgan fingerprint density at radius 3 is 2.31 bits per heavy atom. The van der Waals surface area contributed by atoms with Crippen molar-refractivity contribution in [3.05, 3.63) is 59.7 Å². The van der Waals surface area contributed by atoms with Gasteiger partial charge in [-0.1, -0.05) is 29.7 Å². The Morgan fingerprint density at radius 1 is 1.04 bits per heavy atom. The largest absolute Gasteiger partial charge is 0.403 e. The smallest absolute Gasteiger partial charge is 0.322 e. The maximum Gasteiger partial charge on any atom is 0.322 e. The van der Waals surface area contributed by atoms with E-state index in [0.29, 0.717) is 5.89 Å². The molecule has 0 atom stereocenters. The Morgan fingerprint density at radius 2 is 1.69 bits per heavy atom. The third-order valence-electron chi connectivity index (χ3n) is 3.80. The van der Waals surface area contributed by atoms with Gasteiger partial charge in [-0.2, -0.15) is 0 Å². The molecule has 3 rings (SSSR count). The molecule has 0 bridgehead atoms. The average molecular weight is 371 g/mol. The van der Waals surface area contributed by atoms with Crippen molar-refractivity contribution in [1.29, 1.82) is 0 Å². The fourth-order valence-electron chi connectivity index (χ4n) is 2.24. The molecule has 26 heavy (non-hydrogen) atoms. The van der Waals surface area contributed by atoms with Crippen molar-refractivity contribution in [3.8, 4) is 11.5 Å². The number of carbonyl (C=O) groups is 1. The number of sulfone groups is 1. The molecule has 134 valence electrons. The summed E-state index contributed by atoms with van der Waals surface area (Å²) in [5.74, 6) is -0.170. The summed E-state index contributed by atoms with van der Waals surface area (Å²) in [4.78, 5) is 12.4. The van der Waals surface area contributed by atoms with E-state index in [1.165, 1.54) is 24.3 Å². The zero-order chi connectivity index (χ0) is 18.7. The lowest BCUT2D eigenvalue weighted by Gasteiger charge is -2.03. The average Bonchev–Trinajstić information content (AvgIpc) is 3.11. The number of nitrogens with zero attached hydrogens (tertiary/aromatic N) is 2. The highest BCUT2D eigenvalue weighted by atomic mass is 32.2. The predicted molar refractivity (Wildman–Crippen MR) is 96.6 cm³/mol. The number of hydrogen-bond acceptors (Lipinski definition) is 6. The quantitative estimate of drug-likeness (QED) is 0.739. The van der Waals surface area contributed by atoms with Crippen LogP contribution in [-0.2, 0) is 9.84 Å². The van der Waals surface area contributed by atoms with Crippen LogP contribution >= 0.6 is 0 Å². The van der Waals surface area contributed by atoms with Gasteiger partial charge in [0.05, 0.1) is 10.6 Å². The van der Waals surface area contributed by atoms with E-state index in [4.69, 9.17) is 4.42 Å². The molecule has 1 amide bonds. The lowest BCUT2D eigenvalue weighted by molar-refractivity contribution is 0.102. The van der Waals surface area contributed by atoms with Crippen LogP contribution in [0, 0.1) is 6.92 Å². The number of aromatic nitrogens is 2. The van der Waals surface area contributed by atoms with Crippen LogP contribution in [0.3, 0.4) is 0 Å². The Kier molecular flexibility index (Phi) is 4.85. The van der Waals surface area contributed by atoms with Gasteiger partial charge in [0.2, 0.25) is 5.89 Å². The van der Waals surface area contributed by atoms with Gasteiger partial charge in [-0.3, -0.25) is 10.1 Å². The molecule has 1 heterocycles. The minimum absolute atomic E-state index is 0.00230. The normalized spacial score (nSPS) is 11.3. The molecule has 0 saturated heterocycles. The summed E-state index contributed by atoms with van der Waals surface area (Å²) in [6.45, 7) is 3.54. The second-order valence-electron chi connectivity index (χ2n) is 5.66. The highest BCUT2D eigenvalue weighted by molar-refractivity contribution is 7.91. The van der Waals surface area contributed by atoms with E-state index >= 15 is 0 Å². The van der Waals surface area contributed by atoms with Crippen LogP contribution in [0.2, 0.25) is 0 Å². The number of benzene rings is 2. The number of anilines is 1. The molecule has 0 unspecified atom stereocenters.